The Hall–Kier alpha value is -1.34. The van der Waals surface area contributed by atoms with Gasteiger partial charge in [0, 0.05) is 5.56 Å². The average molecular weight is 314 g/mol. The molecule has 0 bridgehead atoms. The molecule has 1 aromatic rings. The summed E-state index contributed by atoms with van der Waals surface area (Å²) in [5.41, 5.74) is -2.48. The van der Waals surface area contributed by atoms with E-state index in [0.717, 1.165) is 6.07 Å². The molecule has 0 saturated carbocycles. The van der Waals surface area contributed by atoms with Crippen molar-refractivity contribution in [1.82, 2.24) is 0 Å². The highest BCUT2D eigenvalue weighted by molar-refractivity contribution is 6.62. The Balaban J connectivity index is 2.51. The molecule has 0 amide bonds. The minimum atomic E-state index is -4.59. The van der Waals surface area contributed by atoms with Crippen molar-refractivity contribution >= 4 is 18.4 Å². The van der Waals surface area contributed by atoms with Crippen LogP contribution in [0.4, 0.5) is 13.2 Å². The minimum Gasteiger partial charge on any atom is -0.399 e. The van der Waals surface area contributed by atoms with Crippen molar-refractivity contribution in [1.29, 1.82) is 0 Å². The van der Waals surface area contributed by atoms with Crippen LogP contribution in [0.15, 0.2) is 18.2 Å². The second kappa shape index (κ2) is 5.10. The van der Waals surface area contributed by atoms with Crippen LogP contribution in [0.2, 0.25) is 0 Å². The lowest BCUT2D eigenvalue weighted by molar-refractivity contribution is -0.136. The number of hydrogen-bond acceptors (Lipinski definition) is 3. The zero-order valence-electron chi connectivity index (χ0n) is 13.2. The summed E-state index contributed by atoms with van der Waals surface area (Å²) in [6, 6.07) is 3.46. The van der Waals surface area contributed by atoms with E-state index in [1.54, 1.807) is 27.7 Å². The van der Waals surface area contributed by atoms with Crippen LogP contribution in [0.25, 0.3) is 0 Å². The van der Waals surface area contributed by atoms with Gasteiger partial charge in [-0.05, 0) is 46.1 Å². The second-order valence-corrected chi connectivity index (χ2v) is 6.44. The van der Waals surface area contributed by atoms with Gasteiger partial charge in [0.15, 0.2) is 5.78 Å². The quantitative estimate of drug-likeness (QED) is 0.621. The van der Waals surface area contributed by atoms with E-state index in [1.807, 2.05) is 0 Å². The molecule has 2 rings (SSSR count). The summed E-state index contributed by atoms with van der Waals surface area (Å²) in [7, 11) is -1.12. The van der Waals surface area contributed by atoms with Gasteiger partial charge in [-0.1, -0.05) is 12.1 Å². The van der Waals surface area contributed by atoms with Crippen molar-refractivity contribution in [3.05, 3.63) is 29.3 Å². The molecule has 1 aromatic carbocycles. The predicted octanol–water partition coefficient (Wildman–Crippen LogP) is 3.21. The van der Waals surface area contributed by atoms with Gasteiger partial charge >= 0.3 is 13.3 Å². The van der Waals surface area contributed by atoms with E-state index in [9.17, 15) is 18.0 Å². The highest BCUT2D eigenvalue weighted by Crippen LogP contribution is 2.38. The number of carbonyl (C=O) groups is 1. The molecule has 120 valence electrons. The molecule has 1 heterocycles. The third kappa shape index (κ3) is 2.92. The number of Topliss-reactive ketones (excluding diaryl/α,β-unsaturated/α-hetero) is 1. The normalized spacial score (nSPS) is 20.3. The lowest BCUT2D eigenvalue weighted by Gasteiger charge is -2.32. The molecule has 1 fully saturated rings. The zero-order valence-corrected chi connectivity index (χ0v) is 13.2. The van der Waals surface area contributed by atoms with Gasteiger partial charge in [-0.25, -0.2) is 0 Å². The molecule has 1 aliphatic rings. The first-order valence-electron chi connectivity index (χ1n) is 6.93. The molecule has 1 saturated heterocycles. The van der Waals surface area contributed by atoms with E-state index in [0.29, 0.717) is 0 Å². The fourth-order valence-corrected chi connectivity index (χ4v) is 2.20. The van der Waals surface area contributed by atoms with Gasteiger partial charge in [0.1, 0.15) is 0 Å². The van der Waals surface area contributed by atoms with Crippen LogP contribution in [0, 0.1) is 0 Å². The fourth-order valence-electron chi connectivity index (χ4n) is 2.20. The van der Waals surface area contributed by atoms with E-state index in [4.69, 9.17) is 9.31 Å². The number of hydrogen-bond donors (Lipinski definition) is 0. The zero-order chi connectivity index (χ0) is 16.9. The molecule has 0 aliphatic carbocycles. The molecular formula is C15H18BF3O3. The molecule has 0 aromatic heterocycles. The van der Waals surface area contributed by atoms with Crippen molar-refractivity contribution in [2.24, 2.45) is 0 Å². The SMILES string of the molecule is CC(=O)c1ccc(B2OC(C)(C)C(C)(C)O2)c(C(F)(F)F)c1. The molecule has 0 atom stereocenters. The molecule has 3 nitrogen and oxygen atoms in total. The monoisotopic (exact) mass is 314 g/mol. The topological polar surface area (TPSA) is 35.5 Å². The summed E-state index contributed by atoms with van der Waals surface area (Å²) in [5, 5.41) is 0. The maximum absolute atomic E-state index is 13.3. The molecular weight excluding hydrogens is 296 g/mol. The van der Waals surface area contributed by atoms with E-state index in [2.05, 4.69) is 0 Å². The van der Waals surface area contributed by atoms with Gasteiger partial charge in [0.25, 0.3) is 0 Å². The minimum absolute atomic E-state index is 0.00703. The van der Waals surface area contributed by atoms with Gasteiger partial charge in [0.05, 0.1) is 16.8 Å². The molecule has 0 radical (unpaired) electrons. The van der Waals surface area contributed by atoms with Crippen LogP contribution in [-0.2, 0) is 15.5 Å². The molecule has 7 heteroatoms. The van der Waals surface area contributed by atoms with Crippen molar-refractivity contribution in [3.63, 3.8) is 0 Å². The lowest BCUT2D eigenvalue weighted by atomic mass is 9.75. The summed E-state index contributed by atoms with van der Waals surface area (Å²) >= 11 is 0. The van der Waals surface area contributed by atoms with Crippen molar-refractivity contribution in [2.45, 2.75) is 52.0 Å². The highest BCUT2D eigenvalue weighted by atomic mass is 19.4. The van der Waals surface area contributed by atoms with E-state index >= 15 is 0 Å². The highest BCUT2D eigenvalue weighted by Gasteiger charge is 2.53. The summed E-state index contributed by atoms with van der Waals surface area (Å²) in [5.74, 6) is -0.425. The van der Waals surface area contributed by atoms with Gasteiger partial charge in [-0.2, -0.15) is 13.2 Å². The summed E-state index contributed by atoms with van der Waals surface area (Å²) < 4.78 is 51.3. The number of alkyl halides is 3. The largest absolute Gasteiger partial charge is 0.495 e. The third-order valence-corrected chi connectivity index (χ3v) is 4.27. The Kier molecular flexibility index (Phi) is 3.94. The Morgan fingerprint density at radius 2 is 1.59 bits per heavy atom. The summed E-state index contributed by atoms with van der Waals surface area (Å²) in [6.45, 7) is 8.30. The van der Waals surface area contributed by atoms with E-state index in [-0.39, 0.29) is 11.0 Å². The van der Waals surface area contributed by atoms with Crippen LogP contribution < -0.4 is 5.46 Å². The van der Waals surface area contributed by atoms with Crippen molar-refractivity contribution in [3.8, 4) is 0 Å². The molecule has 0 unspecified atom stereocenters. The Morgan fingerprint density at radius 1 is 1.09 bits per heavy atom. The summed E-state index contributed by atoms with van der Waals surface area (Å²) in [6.07, 6.45) is -4.59. The number of ketones is 1. The fraction of sp³-hybridized carbons (Fsp3) is 0.533. The van der Waals surface area contributed by atoms with Crippen LogP contribution in [0.1, 0.15) is 50.5 Å². The van der Waals surface area contributed by atoms with Gasteiger partial charge in [-0.15, -0.1) is 0 Å². The molecule has 0 spiro atoms. The summed E-state index contributed by atoms with van der Waals surface area (Å²) in [4.78, 5) is 11.3. The number of carbonyl (C=O) groups excluding carboxylic acids is 1. The van der Waals surface area contributed by atoms with Gasteiger partial charge in [0.2, 0.25) is 0 Å². The first-order chi connectivity index (χ1) is 9.85. The Bertz CT molecular complexity index is 593. The predicted molar refractivity (Wildman–Crippen MR) is 77.2 cm³/mol. The maximum atomic E-state index is 13.3. The molecule has 0 N–H and O–H groups in total. The van der Waals surface area contributed by atoms with E-state index in [1.165, 1.54) is 19.1 Å². The van der Waals surface area contributed by atoms with Crippen molar-refractivity contribution in [2.75, 3.05) is 0 Å². The van der Waals surface area contributed by atoms with Crippen LogP contribution in [-0.4, -0.2) is 24.1 Å². The standard InChI is InChI=1S/C15H18BF3O3/c1-9(20)10-6-7-12(11(8-10)15(17,18)19)16-21-13(2,3)14(4,5)22-16/h6-8H,1-5H3. The average Bonchev–Trinajstić information content (AvgIpc) is 2.56. The second-order valence-electron chi connectivity index (χ2n) is 6.44. The maximum Gasteiger partial charge on any atom is 0.495 e. The Labute approximate surface area is 127 Å². The van der Waals surface area contributed by atoms with E-state index < -0.39 is 35.8 Å². The van der Waals surface area contributed by atoms with Gasteiger partial charge < -0.3 is 9.31 Å². The molecule has 22 heavy (non-hydrogen) atoms. The lowest BCUT2D eigenvalue weighted by Crippen LogP contribution is -2.41. The van der Waals surface area contributed by atoms with Crippen LogP contribution in [0.5, 0.6) is 0 Å². The number of benzene rings is 1. The molecule has 1 aliphatic heterocycles. The van der Waals surface area contributed by atoms with Gasteiger partial charge in [-0.3, -0.25) is 4.79 Å². The first kappa shape index (κ1) is 17.0. The Morgan fingerprint density at radius 3 is 2.00 bits per heavy atom. The smallest absolute Gasteiger partial charge is 0.399 e. The number of rotatable bonds is 2. The third-order valence-electron chi connectivity index (χ3n) is 4.27. The van der Waals surface area contributed by atoms with Crippen LogP contribution in [0.3, 0.4) is 0 Å². The van der Waals surface area contributed by atoms with Crippen molar-refractivity contribution < 1.29 is 27.3 Å². The first-order valence-corrected chi connectivity index (χ1v) is 6.93. The number of halogens is 3. The van der Waals surface area contributed by atoms with Crippen LogP contribution >= 0.6 is 0 Å².